The summed E-state index contributed by atoms with van der Waals surface area (Å²) in [6.45, 7) is 0.655. The zero-order valence-electron chi connectivity index (χ0n) is 11.8. The Morgan fingerprint density at radius 1 is 0.818 bits per heavy atom. The number of Topliss-reactive ketones (excluding diaryl/α,β-unsaturated/α-hetero) is 2. The lowest BCUT2D eigenvalue weighted by Gasteiger charge is -2.33. The second-order valence-corrected chi connectivity index (χ2v) is 5.32. The quantitative estimate of drug-likeness (QED) is 0.810. The molecule has 0 aromatic heterocycles. The number of ether oxygens (including phenoxy) is 1. The molecule has 0 bridgehead atoms. The van der Waals surface area contributed by atoms with Crippen LogP contribution in [-0.4, -0.2) is 24.8 Å². The van der Waals surface area contributed by atoms with Gasteiger partial charge in [-0.25, -0.2) is 0 Å². The normalized spacial score (nSPS) is 17.0. The summed E-state index contributed by atoms with van der Waals surface area (Å²) >= 11 is 0. The van der Waals surface area contributed by atoms with Gasteiger partial charge in [-0.3, -0.25) is 9.59 Å². The van der Waals surface area contributed by atoms with Gasteiger partial charge in [-0.2, -0.15) is 0 Å². The number of allylic oxidation sites excluding steroid dienone is 1. The number of benzene rings is 2. The highest BCUT2D eigenvalue weighted by atomic mass is 16.5. The highest BCUT2D eigenvalue weighted by Crippen LogP contribution is 2.31. The molecule has 0 saturated carbocycles. The summed E-state index contributed by atoms with van der Waals surface area (Å²) in [5.41, 5.74) is 2.30. The molecule has 2 aliphatic rings. The van der Waals surface area contributed by atoms with Gasteiger partial charge in [0.1, 0.15) is 0 Å². The fourth-order valence-corrected chi connectivity index (χ4v) is 2.88. The molecular weight excluding hydrogens is 278 g/mol. The number of carbonyl (C=O) groups excluding carboxylic acids is 2. The van der Waals surface area contributed by atoms with Crippen molar-refractivity contribution in [2.24, 2.45) is 0 Å². The molecule has 4 heteroatoms. The topological polar surface area (TPSA) is 46.6 Å². The Balaban J connectivity index is 1.74. The zero-order chi connectivity index (χ0) is 15.1. The maximum Gasteiger partial charge on any atom is 0.228 e. The molecule has 0 saturated heterocycles. The van der Waals surface area contributed by atoms with Crippen LogP contribution in [0.3, 0.4) is 0 Å². The summed E-state index contributed by atoms with van der Waals surface area (Å²) < 4.78 is 5.62. The van der Waals surface area contributed by atoms with Crippen LogP contribution in [0.1, 0.15) is 20.7 Å². The molecule has 1 aliphatic heterocycles. The van der Waals surface area contributed by atoms with Crippen LogP contribution in [0.2, 0.25) is 0 Å². The third-order valence-corrected chi connectivity index (χ3v) is 4.01. The zero-order valence-corrected chi connectivity index (χ0v) is 11.8. The van der Waals surface area contributed by atoms with Crippen molar-refractivity contribution in [1.29, 1.82) is 0 Å². The van der Waals surface area contributed by atoms with E-state index in [0.717, 1.165) is 5.69 Å². The predicted molar refractivity (Wildman–Crippen MR) is 81.9 cm³/mol. The van der Waals surface area contributed by atoms with Gasteiger partial charge in [0.2, 0.25) is 5.78 Å². The maximum absolute atomic E-state index is 12.7. The van der Waals surface area contributed by atoms with Gasteiger partial charge in [0.25, 0.3) is 0 Å². The molecule has 0 amide bonds. The van der Waals surface area contributed by atoms with Crippen molar-refractivity contribution in [3.63, 3.8) is 0 Å². The van der Waals surface area contributed by atoms with E-state index in [-0.39, 0.29) is 24.1 Å². The Labute approximate surface area is 127 Å². The third-order valence-electron chi connectivity index (χ3n) is 4.01. The van der Waals surface area contributed by atoms with E-state index in [4.69, 9.17) is 4.74 Å². The minimum Gasteiger partial charge on any atom is -0.468 e. The molecule has 2 aromatic carbocycles. The number of ketones is 2. The van der Waals surface area contributed by atoms with Gasteiger partial charge >= 0.3 is 0 Å². The summed E-state index contributed by atoms with van der Waals surface area (Å²) in [6, 6.07) is 16.6. The minimum absolute atomic E-state index is 0.120. The van der Waals surface area contributed by atoms with Crippen LogP contribution in [0.15, 0.2) is 65.9 Å². The number of hydrogen-bond donors (Lipinski definition) is 0. The first-order valence-corrected chi connectivity index (χ1v) is 7.10. The van der Waals surface area contributed by atoms with Crippen molar-refractivity contribution in [3.8, 4) is 0 Å². The van der Waals surface area contributed by atoms with Crippen molar-refractivity contribution in [3.05, 3.63) is 77.1 Å². The monoisotopic (exact) mass is 291 g/mol. The SMILES string of the molecule is O=C1C2=C(OCN(c3ccccc3)C2)C(=O)c2ccccc21. The van der Waals surface area contributed by atoms with Gasteiger partial charge in [0, 0.05) is 16.8 Å². The van der Waals surface area contributed by atoms with Crippen LogP contribution >= 0.6 is 0 Å². The molecule has 0 atom stereocenters. The van der Waals surface area contributed by atoms with Crippen molar-refractivity contribution in [2.45, 2.75) is 0 Å². The van der Waals surface area contributed by atoms with Crippen LogP contribution in [0.4, 0.5) is 5.69 Å². The largest absolute Gasteiger partial charge is 0.468 e. The lowest BCUT2D eigenvalue weighted by Crippen LogP contribution is -2.39. The Hall–Kier alpha value is -2.88. The Kier molecular flexibility index (Phi) is 2.82. The summed E-state index contributed by atoms with van der Waals surface area (Å²) in [5.74, 6) is -0.111. The number of fused-ring (bicyclic) bond motifs is 1. The van der Waals surface area contributed by atoms with Crippen molar-refractivity contribution in [1.82, 2.24) is 0 Å². The molecule has 4 nitrogen and oxygen atoms in total. The lowest BCUT2D eigenvalue weighted by molar-refractivity contribution is 0.0847. The van der Waals surface area contributed by atoms with E-state index in [1.807, 2.05) is 35.2 Å². The molecule has 22 heavy (non-hydrogen) atoms. The van der Waals surface area contributed by atoms with Crippen molar-refractivity contribution < 1.29 is 14.3 Å². The standard InChI is InChI=1S/C18H13NO3/c20-16-13-8-4-5-9-14(13)17(21)18-15(16)10-19(11-22-18)12-6-2-1-3-7-12/h1-9H,10-11H2. The second kappa shape index (κ2) is 4.84. The van der Waals surface area contributed by atoms with Crippen molar-refractivity contribution >= 4 is 17.3 Å². The van der Waals surface area contributed by atoms with E-state index in [1.165, 1.54) is 0 Å². The summed E-state index contributed by atoms with van der Waals surface area (Å²) in [6.07, 6.45) is 0. The van der Waals surface area contributed by atoms with Crippen LogP contribution in [0.5, 0.6) is 0 Å². The summed E-state index contributed by atoms with van der Waals surface area (Å²) in [4.78, 5) is 27.1. The van der Waals surface area contributed by atoms with Gasteiger partial charge in [-0.05, 0) is 12.1 Å². The van der Waals surface area contributed by atoms with Crippen LogP contribution in [0.25, 0.3) is 0 Å². The van der Waals surface area contributed by atoms with Crippen LogP contribution in [-0.2, 0) is 4.74 Å². The predicted octanol–water partition coefficient (Wildman–Crippen LogP) is 2.81. The number of para-hydroxylation sites is 1. The molecular formula is C18H13NO3. The maximum atomic E-state index is 12.7. The Morgan fingerprint density at radius 2 is 1.45 bits per heavy atom. The van der Waals surface area contributed by atoms with Gasteiger partial charge in [-0.1, -0.05) is 42.5 Å². The van der Waals surface area contributed by atoms with E-state index in [2.05, 4.69) is 0 Å². The van der Waals surface area contributed by atoms with Gasteiger partial charge in [0.15, 0.2) is 18.3 Å². The molecule has 1 aliphatic carbocycles. The average molecular weight is 291 g/mol. The lowest BCUT2D eigenvalue weighted by atomic mass is 9.87. The van der Waals surface area contributed by atoms with Gasteiger partial charge < -0.3 is 9.64 Å². The van der Waals surface area contributed by atoms with Crippen molar-refractivity contribution in [2.75, 3.05) is 18.2 Å². The first kappa shape index (κ1) is 12.8. The molecule has 0 radical (unpaired) electrons. The Morgan fingerprint density at radius 3 is 2.18 bits per heavy atom. The molecule has 1 heterocycles. The Bertz CT molecular complexity index is 808. The number of hydrogen-bond acceptors (Lipinski definition) is 4. The summed E-state index contributed by atoms with van der Waals surface area (Å²) in [5, 5.41) is 0. The van der Waals surface area contributed by atoms with E-state index in [0.29, 0.717) is 23.2 Å². The average Bonchev–Trinajstić information content (AvgIpc) is 2.60. The molecule has 0 spiro atoms. The number of rotatable bonds is 1. The third kappa shape index (κ3) is 1.84. The van der Waals surface area contributed by atoms with E-state index in [9.17, 15) is 9.59 Å². The highest BCUT2D eigenvalue weighted by molar-refractivity contribution is 6.26. The van der Waals surface area contributed by atoms with Crippen LogP contribution in [0, 0.1) is 0 Å². The minimum atomic E-state index is -0.196. The van der Waals surface area contributed by atoms with Gasteiger partial charge in [-0.15, -0.1) is 0 Å². The van der Waals surface area contributed by atoms with Crippen LogP contribution < -0.4 is 4.90 Å². The molecule has 0 N–H and O–H groups in total. The van der Waals surface area contributed by atoms with E-state index < -0.39 is 0 Å². The van der Waals surface area contributed by atoms with E-state index in [1.54, 1.807) is 24.3 Å². The van der Waals surface area contributed by atoms with E-state index >= 15 is 0 Å². The molecule has 4 rings (SSSR count). The number of carbonyl (C=O) groups is 2. The second-order valence-electron chi connectivity index (χ2n) is 5.32. The van der Waals surface area contributed by atoms with Gasteiger partial charge in [0.05, 0.1) is 12.1 Å². The molecule has 108 valence electrons. The first-order chi connectivity index (χ1) is 10.8. The number of nitrogens with zero attached hydrogens (tertiary/aromatic N) is 1. The summed E-state index contributed by atoms with van der Waals surface area (Å²) in [7, 11) is 0. The highest BCUT2D eigenvalue weighted by Gasteiger charge is 2.36. The molecule has 0 unspecified atom stereocenters. The fraction of sp³-hybridized carbons (Fsp3) is 0.111. The fourth-order valence-electron chi connectivity index (χ4n) is 2.88. The first-order valence-electron chi connectivity index (χ1n) is 7.10. The molecule has 0 fully saturated rings. The number of anilines is 1. The molecule has 2 aromatic rings. The smallest absolute Gasteiger partial charge is 0.228 e.